The molecule has 11 heteroatoms. The van der Waals surface area contributed by atoms with E-state index in [0.717, 1.165) is 23.5 Å². The molecule has 2 aliphatic carbocycles. The van der Waals surface area contributed by atoms with Crippen molar-refractivity contribution in [2.24, 2.45) is 23.7 Å². The lowest BCUT2D eigenvalue weighted by molar-refractivity contribution is -0.137. The average Bonchev–Trinajstić information content (AvgIpc) is 3.52. The molecule has 1 N–H and O–H groups in total. The lowest BCUT2D eigenvalue weighted by Gasteiger charge is -2.17. The number of hydrogen-bond acceptors (Lipinski definition) is 5. The van der Waals surface area contributed by atoms with E-state index in [1.165, 1.54) is 24.3 Å². The SMILES string of the molecule is O=C(COC(=O)c1ccc(N2C(=O)[C@@H]3[C@H](C2=O)[C@H]2C=C[C@H]3C2)cc1)Nc1cc(C(F)(F)F)ccc1Cl. The Bertz CT molecular complexity index is 1280. The van der Waals surface area contributed by atoms with Crippen LogP contribution < -0.4 is 10.2 Å². The molecular weight excluding hydrogens is 501 g/mol. The Morgan fingerprint density at radius 2 is 1.61 bits per heavy atom. The minimum absolute atomic E-state index is 0.0599. The Morgan fingerprint density at radius 1 is 1.00 bits per heavy atom. The fourth-order valence-corrected chi connectivity index (χ4v) is 5.27. The number of carbonyl (C=O) groups is 4. The molecule has 2 aromatic rings. The van der Waals surface area contributed by atoms with Crippen LogP contribution in [-0.4, -0.2) is 30.3 Å². The summed E-state index contributed by atoms with van der Waals surface area (Å²) in [7, 11) is 0. The molecule has 3 amide bonds. The van der Waals surface area contributed by atoms with Gasteiger partial charge in [-0.25, -0.2) is 4.79 Å². The maximum absolute atomic E-state index is 12.9. The van der Waals surface area contributed by atoms with Gasteiger partial charge in [-0.05, 0) is 60.7 Å². The van der Waals surface area contributed by atoms with Gasteiger partial charge in [0.2, 0.25) is 11.8 Å². The topological polar surface area (TPSA) is 92.8 Å². The molecule has 0 unspecified atom stereocenters. The first-order chi connectivity index (χ1) is 17.0. The predicted molar refractivity (Wildman–Crippen MR) is 122 cm³/mol. The number of carbonyl (C=O) groups excluding carboxylic acids is 4. The van der Waals surface area contributed by atoms with Crippen LogP contribution in [0.3, 0.4) is 0 Å². The summed E-state index contributed by atoms with van der Waals surface area (Å²) in [6, 6.07) is 8.08. The van der Waals surface area contributed by atoms with E-state index in [1.54, 1.807) is 0 Å². The highest BCUT2D eigenvalue weighted by atomic mass is 35.5. The molecule has 3 aliphatic rings. The Kier molecular flexibility index (Phi) is 5.86. The van der Waals surface area contributed by atoms with E-state index in [4.69, 9.17) is 16.3 Å². The van der Waals surface area contributed by atoms with Crippen LogP contribution in [0.2, 0.25) is 5.02 Å². The molecular formula is C25H18ClF3N2O5. The van der Waals surface area contributed by atoms with Crippen LogP contribution in [0.5, 0.6) is 0 Å². The highest BCUT2D eigenvalue weighted by Gasteiger charge is 2.59. The Labute approximate surface area is 207 Å². The fourth-order valence-electron chi connectivity index (χ4n) is 5.10. The molecule has 36 heavy (non-hydrogen) atoms. The lowest BCUT2D eigenvalue weighted by Crippen LogP contribution is -2.32. The minimum atomic E-state index is -4.62. The second-order valence-corrected chi connectivity index (χ2v) is 9.28. The third-order valence-corrected chi connectivity index (χ3v) is 7.06. The fraction of sp³-hybridized carbons (Fsp3) is 0.280. The first kappa shape index (κ1) is 24.1. The number of anilines is 2. The van der Waals surface area contributed by atoms with Crippen LogP contribution in [0.1, 0.15) is 22.3 Å². The van der Waals surface area contributed by atoms with Crippen molar-refractivity contribution in [2.45, 2.75) is 12.6 Å². The van der Waals surface area contributed by atoms with Crippen LogP contribution in [0.4, 0.5) is 24.5 Å². The summed E-state index contributed by atoms with van der Waals surface area (Å²) in [5, 5.41) is 2.07. The zero-order chi connectivity index (χ0) is 25.8. The summed E-state index contributed by atoms with van der Waals surface area (Å²) in [4.78, 5) is 51.4. The minimum Gasteiger partial charge on any atom is -0.452 e. The van der Waals surface area contributed by atoms with Crippen molar-refractivity contribution in [3.63, 3.8) is 0 Å². The number of hydrogen-bond donors (Lipinski definition) is 1. The molecule has 2 fully saturated rings. The summed E-state index contributed by atoms with van der Waals surface area (Å²) in [5.74, 6) is -2.79. The molecule has 1 saturated carbocycles. The molecule has 4 atom stereocenters. The maximum atomic E-state index is 12.9. The number of nitrogens with zero attached hydrogens (tertiary/aromatic N) is 1. The highest BCUT2D eigenvalue weighted by Crippen LogP contribution is 2.53. The van der Waals surface area contributed by atoms with Crippen molar-refractivity contribution >= 4 is 46.7 Å². The van der Waals surface area contributed by atoms with Crippen LogP contribution in [0.15, 0.2) is 54.6 Å². The van der Waals surface area contributed by atoms with E-state index in [9.17, 15) is 32.3 Å². The smallest absolute Gasteiger partial charge is 0.416 e. The Balaban J connectivity index is 1.20. The van der Waals surface area contributed by atoms with Crippen molar-refractivity contribution < 1.29 is 37.1 Å². The number of rotatable bonds is 5. The monoisotopic (exact) mass is 518 g/mol. The van der Waals surface area contributed by atoms with Crippen molar-refractivity contribution in [3.8, 4) is 0 Å². The van der Waals surface area contributed by atoms with E-state index < -0.39 is 30.2 Å². The molecule has 186 valence electrons. The summed E-state index contributed by atoms with van der Waals surface area (Å²) >= 11 is 5.84. The zero-order valence-electron chi connectivity index (χ0n) is 18.4. The molecule has 1 saturated heterocycles. The third-order valence-electron chi connectivity index (χ3n) is 6.73. The molecule has 1 aliphatic heterocycles. The van der Waals surface area contributed by atoms with Crippen LogP contribution in [0, 0.1) is 23.7 Å². The number of nitrogens with one attached hydrogen (secondary N) is 1. The first-order valence-electron chi connectivity index (χ1n) is 11.0. The quantitative estimate of drug-likeness (QED) is 0.358. The van der Waals surface area contributed by atoms with E-state index in [-0.39, 0.29) is 51.8 Å². The number of fused-ring (bicyclic) bond motifs is 5. The summed E-state index contributed by atoms with van der Waals surface area (Å²) in [5.41, 5.74) is -0.871. The number of ether oxygens (including phenoxy) is 1. The van der Waals surface area contributed by atoms with Gasteiger partial charge in [0.25, 0.3) is 5.91 Å². The summed E-state index contributed by atoms with van der Waals surface area (Å²) < 4.78 is 43.6. The van der Waals surface area contributed by atoms with Crippen molar-refractivity contribution in [3.05, 3.63) is 70.8 Å². The van der Waals surface area contributed by atoms with Gasteiger partial charge >= 0.3 is 12.1 Å². The maximum Gasteiger partial charge on any atom is 0.416 e. The van der Waals surface area contributed by atoms with Crippen LogP contribution >= 0.6 is 11.6 Å². The summed E-state index contributed by atoms with van der Waals surface area (Å²) in [6.07, 6.45) is 0.189. The Morgan fingerprint density at radius 3 is 2.19 bits per heavy atom. The van der Waals surface area contributed by atoms with Crippen molar-refractivity contribution in [1.29, 1.82) is 0 Å². The average molecular weight is 519 g/mol. The molecule has 0 spiro atoms. The van der Waals surface area contributed by atoms with E-state index in [0.29, 0.717) is 11.8 Å². The van der Waals surface area contributed by atoms with E-state index >= 15 is 0 Å². The predicted octanol–water partition coefficient (Wildman–Crippen LogP) is 4.47. The van der Waals surface area contributed by atoms with Gasteiger partial charge in [-0.15, -0.1) is 0 Å². The van der Waals surface area contributed by atoms with Gasteiger partial charge in [0.1, 0.15) is 0 Å². The molecule has 0 aromatic heterocycles. The molecule has 0 radical (unpaired) electrons. The zero-order valence-corrected chi connectivity index (χ0v) is 19.2. The number of halogens is 4. The largest absolute Gasteiger partial charge is 0.452 e. The summed E-state index contributed by atoms with van der Waals surface area (Å²) in [6.45, 7) is -0.768. The van der Waals surface area contributed by atoms with E-state index in [2.05, 4.69) is 5.32 Å². The lowest BCUT2D eigenvalue weighted by atomic mass is 9.85. The number of amides is 3. The Hall–Kier alpha value is -3.66. The normalized spacial score (nSPS) is 24.3. The van der Waals surface area contributed by atoms with Gasteiger partial charge in [-0.3, -0.25) is 19.3 Å². The molecule has 2 aromatic carbocycles. The molecule has 2 bridgehead atoms. The van der Waals surface area contributed by atoms with Crippen LogP contribution in [-0.2, 0) is 25.3 Å². The van der Waals surface area contributed by atoms with Crippen molar-refractivity contribution in [1.82, 2.24) is 0 Å². The number of imide groups is 1. The first-order valence-corrected chi connectivity index (χ1v) is 11.4. The number of benzene rings is 2. The van der Waals surface area contributed by atoms with Gasteiger partial charge in [-0.2, -0.15) is 13.2 Å². The molecule has 5 rings (SSSR count). The third kappa shape index (κ3) is 4.15. The number of allylic oxidation sites excluding steroid dienone is 2. The van der Waals surface area contributed by atoms with E-state index in [1.807, 2.05) is 12.2 Å². The van der Waals surface area contributed by atoms with Gasteiger partial charge in [0.15, 0.2) is 6.61 Å². The number of esters is 1. The standard InChI is InChI=1S/C25H18ClF3N2O5/c26-17-8-5-15(25(27,28)29)10-18(17)30-19(32)11-36-24(35)12-3-6-16(7-4-12)31-22(33)20-13-1-2-14(9-13)21(20)23(31)34/h1-8,10,13-14,20-21H,9,11H2,(H,30,32)/t13-,14-,20-,21+/m0/s1. The van der Waals surface area contributed by atoms with Gasteiger partial charge in [-0.1, -0.05) is 23.8 Å². The van der Waals surface area contributed by atoms with Gasteiger partial charge in [0.05, 0.1) is 39.4 Å². The molecule has 1 heterocycles. The van der Waals surface area contributed by atoms with Gasteiger partial charge < -0.3 is 10.1 Å². The second-order valence-electron chi connectivity index (χ2n) is 8.88. The number of alkyl halides is 3. The van der Waals surface area contributed by atoms with Gasteiger partial charge in [0, 0.05) is 0 Å². The second kappa shape index (κ2) is 8.77. The molecule has 7 nitrogen and oxygen atoms in total. The van der Waals surface area contributed by atoms with Crippen molar-refractivity contribution in [2.75, 3.05) is 16.8 Å². The van der Waals surface area contributed by atoms with Crippen LogP contribution in [0.25, 0.3) is 0 Å². The highest BCUT2D eigenvalue weighted by molar-refractivity contribution is 6.33.